The molecule has 2 nitrogen and oxygen atoms in total. The van der Waals surface area contributed by atoms with Gasteiger partial charge in [0.05, 0.1) is 6.61 Å². The molecule has 0 aromatic heterocycles. The Balaban J connectivity index is 2.39. The van der Waals surface area contributed by atoms with E-state index in [9.17, 15) is 4.39 Å². The highest BCUT2D eigenvalue weighted by atomic mass is 19.1. The molecule has 1 rings (SSSR count). The molecule has 0 amide bonds. The quantitative estimate of drug-likeness (QED) is 0.735. The van der Waals surface area contributed by atoms with Crippen molar-refractivity contribution in [2.45, 2.75) is 19.8 Å². The summed E-state index contributed by atoms with van der Waals surface area (Å²) < 4.78 is 18.2. The van der Waals surface area contributed by atoms with Crippen LogP contribution in [0.2, 0.25) is 0 Å². The number of aryl methyl sites for hydroxylation is 1. The summed E-state index contributed by atoms with van der Waals surface area (Å²) >= 11 is 0. The van der Waals surface area contributed by atoms with Crippen molar-refractivity contribution in [3.05, 3.63) is 29.6 Å². The number of hydrogen-bond acceptors (Lipinski definition) is 2. The van der Waals surface area contributed by atoms with Crippen molar-refractivity contribution in [1.29, 1.82) is 0 Å². The zero-order valence-electron chi connectivity index (χ0n) is 8.29. The fourth-order valence-electron chi connectivity index (χ4n) is 1.11. The highest BCUT2D eigenvalue weighted by Crippen LogP contribution is 2.15. The maximum Gasteiger partial charge on any atom is 0.126 e. The van der Waals surface area contributed by atoms with Crippen molar-refractivity contribution in [3.63, 3.8) is 0 Å². The summed E-state index contributed by atoms with van der Waals surface area (Å²) in [6, 6.07) is 4.69. The molecule has 0 aliphatic heterocycles. The van der Waals surface area contributed by atoms with Crippen LogP contribution in [0.25, 0.3) is 0 Å². The molecule has 1 N–H and O–H groups in total. The molecule has 0 heterocycles. The normalized spacial score (nSPS) is 10.2. The lowest BCUT2D eigenvalue weighted by Crippen LogP contribution is -1.99. The van der Waals surface area contributed by atoms with E-state index in [1.165, 1.54) is 6.07 Å². The Morgan fingerprint density at radius 1 is 1.36 bits per heavy atom. The van der Waals surface area contributed by atoms with Crippen molar-refractivity contribution >= 4 is 0 Å². The second-order valence-corrected chi connectivity index (χ2v) is 3.19. The van der Waals surface area contributed by atoms with Crippen LogP contribution in [0.15, 0.2) is 18.2 Å². The van der Waals surface area contributed by atoms with Gasteiger partial charge in [-0.05, 0) is 43.5 Å². The number of unbranched alkanes of at least 4 members (excludes halogenated alkanes) is 1. The summed E-state index contributed by atoms with van der Waals surface area (Å²) in [5.74, 6) is 0.467. The second kappa shape index (κ2) is 5.60. The molecule has 0 atom stereocenters. The van der Waals surface area contributed by atoms with E-state index >= 15 is 0 Å². The van der Waals surface area contributed by atoms with Gasteiger partial charge in [0.25, 0.3) is 0 Å². The van der Waals surface area contributed by atoms with Crippen LogP contribution < -0.4 is 4.74 Å². The molecule has 1 aromatic rings. The van der Waals surface area contributed by atoms with Crippen LogP contribution in [0.3, 0.4) is 0 Å². The monoisotopic (exact) mass is 198 g/mol. The molecule has 0 saturated heterocycles. The van der Waals surface area contributed by atoms with Crippen molar-refractivity contribution in [1.82, 2.24) is 0 Å². The average Bonchev–Trinajstić information content (AvgIpc) is 2.18. The van der Waals surface area contributed by atoms with Crippen molar-refractivity contribution in [2.24, 2.45) is 0 Å². The van der Waals surface area contributed by atoms with Gasteiger partial charge in [0.1, 0.15) is 11.6 Å². The summed E-state index contributed by atoms with van der Waals surface area (Å²) in [5.41, 5.74) is 0.588. The molecular formula is C11H15FO2. The molecule has 14 heavy (non-hydrogen) atoms. The van der Waals surface area contributed by atoms with Crippen molar-refractivity contribution in [3.8, 4) is 5.75 Å². The van der Waals surface area contributed by atoms with E-state index in [0.29, 0.717) is 17.9 Å². The highest BCUT2D eigenvalue weighted by Gasteiger charge is 1.99. The predicted molar refractivity (Wildman–Crippen MR) is 53.0 cm³/mol. The fraction of sp³-hybridized carbons (Fsp3) is 0.455. The van der Waals surface area contributed by atoms with Crippen LogP contribution in [0, 0.1) is 12.7 Å². The highest BCUT2D eigenvalue weighted by molar-refractivity contribution is 5.28. The largest absolute Gasteiger partial charge is 0.494 e. The third-order valence-corrected chi connectivity index (χ3v) is 1.95. The van der Waals surface area contributed by atoms with Crippen LogP contribution in [0.1, 0.15) is 18.4 Å². The minimum atomic E-state index is -0.215. The number of halogens is 1. The van der Waals surface area contributed by atoms with Crippen LogP contribution in [-0.2, 0) is 0 Å². The van der Waals surface area contributed by atoms with Crippen LogP contribution >= 0.6 is 0 Å². The van der Waals surface area contributed by atoms with Crippen molar-refractivity contribution < 1.29 is 14.2 Å². The van der Waals surface area contributed by atoms with Gasteiger partial charge in [-0.15, -0.1) is 0 Å². The molecule has 0 radical (unpaired) electrons. The first-order valence-electron chi connectivity index (χ1n) is 4.74. The standard InChI is InChI=1S/C11H15FO2/c1-9-8-10(4-5-11(9)12)14-7-3-2-6-13/h4-5,8,13H,2-3,6-7H2,1H3. The molecule has 0 aliphatic carbocycles. The van der Waals surface area contributed by atoms with E-state index in [2.05, 4.69) is 0 Å². The molecule has 0 saturated carbocycles. The lowest BCUT2D eigenvalue weighted by atomic mass is 10.2. The van der Waals surface area contributed by atoms with Crippen LogP contribution in [0.4, 0.5) is 4.39 Å². The minimum Gasteiger partial charge on any atom is -0.494 e. The Morgan fingerprint density at radius 2 is 2.14 bits per heavy atom. The molecular weight excluding hydrogens is 183 g/mol. The number of rotatable bonds is 5. The zero-order valence-corrected chi connectivity index (χ0v) is 8.29. The lowest BCUT2D eigenvalue weighted by molar-refractivity contribution is 0.253. The summed E-state index contributed by atoms with van der Waals surface area (Å²) in [6.07, 6.45) is 1.55. The first kappa shape index (κ1) is 11.0. The van der Waals surface area contributed by atoms with Gasteiger partial charge in [-0.3, -0.25) is 0 Å². The van der Waals surface area contributed by atoms with Gasteiger partial charge < -0.3 is 9.84 Å². The maximum absolute atomic E-state index is 12.9. The SMILES string of the molecule is Cc1cc(OCCCCO)ccc1F. The molecule has 0 spiro atoms. The third kappa shape index (κ3) is 3.34. The Kier molecular flexibility index (Phi) is 4.40. The van der Waals surface area contributed by atoms with Crippen molar-refractivity contribution in [2.75, 3.05) is 13.2 Å². The summed E-state index contributed by atoms with van der Waals surface area (Å²) in [4.78, 5) is 0. The fourth-order valence-corrected chi connectivity index (χ4v) is 1.11. The molecule has 78 valence electrons. The van der Waals surface area contributed by atoms with Gasteiger partial charge in [0.2, 0.25) is 0 Å². The summed E-state index contributed by atoms with van der Waals surface area (Å²) in [6.45, 7) is 2.45. The Hall–Kier alpha value is -1.09. The number of aliphatic hydroxyl groups excluding tert-OH is 1. The van der Waals surface area contributed by atoms with E-state index in [1.54, 1.807) is 19.1 Å². The van der Waals surface area contributed by atoms with Crippen LogP contribution in [0.5, 0.6) is 5.75 Å². The van der Waals surface area contributed by atoms with Gasteiger partial charge in [0, 0.05) is 6.61 Å². The third-order valence-electron chi connectivity index (χ3n) is 1.95. The molecule has 0 aliphatic rings. The lowest BCUT2D eigenvalue weighted by Gasteiger charge is -2.06. The first-order chi connectivity index (χ1) is 6.74. The smallest absolute Gasteiger partial charge is 0.126 e. The van der Waals surface area contributed by atoms with E-state index in [0.717, 1.165) is 12.8 Å². The Bertz CT molecular complexity index is 287. The van der Waals surface area contributed by atoms with Gasteiger partial charge >= 0.3 is 0 Å². The number of ether oxygens (including phenoxy) is 1. The number of hydrogen-bond donors (Lipinski definition) is 1. The Morgan fingerprint density at radius 3 is 2.79 bits per heavy atom. The topological polar surface area (TPSA) is 29.5 Å². The molecule has 0 fully saturated rings. The van der Waals surface area contributed by atoms with Gasteiger partial charge in [-0.2, -0.15) is 0 Å². The van der Waals surface area contributed by atoms with E-state index < -0.39 is 0 Å². The van der Waals surface area contributed by atoms with Gasteiger partial charge in [-0.25, -0.2) is 4.39 Å². The minimum absolute atomic E-state index is 0.186. The summed E-state index contributed by atoms with van der Waals surface area (Å²) in [5, 5.41) is 8.54. The maximum atomic E-state index is 12.9. The molecule has 3 heteroatoms. The van der Waals surface area contributed by atoms with E-state index in [4.69, 9.17) is 9.84 Å². The predicted octanol–water partition coefficient (Wildman–Crippen LogP) is 2.29. The van der Waals surface area contributed by atoms with Gasteiger partial charge in [-0.1, -0.05) is 0 Å². The average molecular weight is 198 g/mol. The summed E-state index contributed by atoms with van der Waals surface area (Å²) in [7, 11) is 0. The Labute approximate surface area is 83.3 Å². The zero-order chi connectivity index (χ0) is 10.4. The molecule has 1 aromatic carbocycles. The number of benzene rings is 1. The van der Waals surface area contributed by atoms with Gasteiger partial charge in [0.15, 0.2) is 0 Å². The number of aliphatic hydroxyl groups is 1. The molecule has 0 unspecified atom stereocenters. The van der Waals surface area contributed by atoms with Crippen LogP contribution in [-0.4, -0.2) is 18.3 Å². The van der Waals surface area contributed by atoms with E-state index in [1.807, 2.05) is 0 Å². The first-order valence-corrected chi connectivity index (χ1v) is 4.74. The van der Waals surface area contributed by atoms with E-state index in [-0.39, 0.29) is 12.4 Å². The molecule has 0 bridgehead atoms. The second-order valence-electron chi connectivity index (χ2n) is 3.19.